The van der Waals surface area contributed by atoms with Crippen LogP contribution in [0.5, 0.6) is 0 Å². The van der Waals surface area contributed by atoms with E-state index in [1.54, 1.807) is 12.1 Å². The zero-order chi connectivity index (χ0) is 26.3. The molecule has 1 aliphatic heterocycles. The summed E-state index contributed by atoms with van der Waals surface area (Å²) in [6.07, 6.45) is 1.75. The quantitative estimate of drug-likeness (QED) is 0.423. The van der Waals surface area contributed by atoms with Crippen LogP contribution >= 0.6 is 0 Å². The summed E-state index contributed by atoms with van der Waals surface area (Å²) in [5, 5.41) is 28.0. The van der Waals surface area contributed by atoms with Crippen molar-refractivity contribution in [1.29, 1.82) is 0 Å². The van der Waals surface area contributed by atoms with E-state index in [0.29, 0.717) is 17.1 Å². The van der Waals surface area contributed by atoms with Gasteiger partial charge in [0, 0.05) is 0 Å². The lowest BCUT2D eigenvalue weighted by atomic mass is 9.66. The molecule has 2 unspecified atom stereocenters. The van der Waals surface area contributed by atoms with E-state index >= 15 is 0 Å². The van der Waals surface area contributed by atoms with Crippen LogP contribution in [0.2, 0.25) is 0 Å². The smallest absolute Gasteiger partial charge is 0.155 e. The van der Waals surface area contributed by atoms with Crippen LogP contribution in [0.3, 0.4) is 0 Å². The highest BCUT2D eigenvalue weighted by atomic mass is 19.1. The van der Waals surface area contributed by atoms with Gasteiger partial charge in [-0.25, -0.2) is 8.78 Å². The molecule has 192 valence electrons. The molecular formula is C29H25F2N5O2. The molecule has 38 heavy (non-hydrogen) atoms. The number of nitrogens with zero attached hydrogens (tertiary/aromatic N) is 5. The van der Waals surface area contributed by atoms with Gasteiger partial charge in [0.1, 0.15) is 17.3 Å². The van der Waals surface area contributed by atoms with Crippen molar-refractivity contribution in [3.05, 3.63) is 88.9 Å². The van der Waals surface area contributed by atoms with E-state index < -0.39 is 22.7 Å². The highest BCUT2D eigenvalue weighted by Gasteiger charge is 2.65. The molecule has 4 heterocycles. The molecule has 2 fully saturated rings. The molecule has 9 heteroatoms. The third-order valence-corrected chi connectivity index (χ3v) is 8.87. The van der Waals surface area contributed by atoms with E-state index in [0.717, 1.165) is 29.8 Å². The van der Waals surface area contributed by atoms with Crippen LogP contribution in [0.25, 0.3) is 22.6 Å². The number of hydrogen-bond donors (Lipinski definition) is 1. The molecule has 2 aliphatic carbocycles. The summed E-state index contributed by atoms with van der Waals surface area (Å²) >= 11 is 0. The Bertz CT molecular complexity index is 1570. The van der Waals surface area contributed by atoms with Crippen LogP contribution in [0, 0.1) is 17.0 Å². The lowest BCUT2D eigenvalue weighted by Gasteiger charge is -2.37. The minimum absolute atomic E-state index is 0.150. The number of halogens is 2. The van der Waals surface area contributed by atoms with Gasteiger partial charge in [0.25, 0.3) is 0 Å². The lowest BCUT2D eigenvalue weighted by molar-refractivity contribution is -0.187. The molecule has 1 N–H and O–H groups in total. The molecule has 2 bridgehead atoms. The molecule has 0 spiro atoms. The Hall–Kier alpha value is -3.69. The van der Waals surface area contributed by atoms with Crippen molar-refractivity contribution in [2.24, 2.45) is 5.41 Å². The first-order valence-corrected chi connectivity index (χ1v) is 12.7. The number of aromatic nitrogens is 5. The van der Waals surface area contributed by atoms with Gasteiger partial charge in [0.05, 0.1) is 52.7 Å². The van der Waals surface area contributed by atoms with E-state index in [1.165, 1.54) is 18.2 Å². The minimum atomic E-state index is -1.08. The maximum atomic E-state index is 14.5. The summed E-state index contributed by atoms with van der Waals surface area (Å²) in [4.78, 5) is 5.05. The van der Waals surface area contributed by atoms with Crippen LogP contribution in [0.4, 0.5) is 8.78 Å². The first-order chi connectivity index (χ1) is 18.2. The Kier molecular flexibility index (Phi) is 4.88. The topological polar surface area (TPSA) is 93.9 Å². The van der Waals surface area contributed by atoms with Crippen molar-refractivity contribution in [2.75, 3.05) is 13.2 Å². The summed E-state index contributed by atoms with van der Waals surface area (Å²) in [7, 11) is 0. The number of benzene rings is 1. The maximum Gasteiger partial charge on any atom is 0.155 e. The molecule has 0 radical (unpaired) electrons. The van der Waals surface area contributed by atoms with Crippen LogP contribution in [0.15, 0.2) is 54.6 Å². The molecule has 0 amide bonds. The maximum absolute atomic E-state index is 14.5. The van der Waals surface area contributed by atoms with E-state index in [-0.39, 0.29) is 35.8 Å². The van der Waals surface area contributed by atoms with Crippen molar-refractivity contribution in [1.82, 2.24) is 25.4 Å². The van der Waals surface area contributed by atoms with Crippen LogP contribution in [0.1, 0.15) is 55.3 Å². The molecule has 1 aromatic carbocycles. The van der Waals surface area contributed by atoms with Crippen molar-refractivity contribution in [3.8, 4) is 22.6 Å². The summed E-state index contributed by atoms with van der Waals surface area (Å²) in [5.74, 6) is -1.17. The van der Waals surface area contributed by atoms with Gasteiger partial charge in [-0.1, -0.05) is 26.0 Å². The standard InChI is InChI=1S/C29H25F2N5O2/c1-27(2)17-11-12-29(27,26-16(17)13-22(34-36-26)25-18(30)5-3-6-19(25)31)24-8-4-7-20(32-24)21-9-10-23(35-33-21)28(37)14-38-15-28/h3-10,13,17,37H,11-12,14-15H2,1-2H3. The third-order valence-electron chi connectivity index (χ3n) is 8.87. The van der Waals surface area contributed by atoms with Crippen LogP contribution in [-0.2, 0) is 15.8 Å². The number of fused-ring (bicyclic) bond motifs is 5. The van der Waals surface area contributed by atoms with Gasteiger partial charge in [-0.05, 0) is 72.2 Å². The second-order valence-electron chi connectivity index (χ2n) is 11.1. The fourth-order valence-corrected chi connectivity index (χ4v) is 6.73. The average molecular weight is 514 g/mol. The van der Waals surface area contributed by atoms with Gasteiger partial charge in [0.2, 0.25) is 0 Å². The summed E-state index contributed by atoms with van der Waals surface area (Å²) in [5.41, 5.74) is 2.60. The van der Waals surface area contributed by atoms with E-state index in [2.05, 4.69) is 34.2 Å². The lowest BCUT2D eigenvalue weighted by Crippen LogP contribution is -2.47. The van der Waals surface area contributed by atoms with Crippen molar-refractivity contribution < 1.29 is 18.6 Å². The monoisotopic (exact) mass is 513 g/mol. The Morgan fingerprint density at radius 1 is 0.842 bits per heavy atom. The first-order valence-electron chi connectivity index (χ1n) is 12.7. The molecule has 1 saturated carbocycles. The van der Waals surface area contributed by atoms with Gasteiger partial charge in [-0.3, -0.25) is 4.98 Å². The van der Waals surface area contributed by atoms with Crippen LogP contribution < -0.4 is 0 Å². The average Bonchev–Trinajstić information content (AvgIpc) is 3.28. The fraction of sp³-hybridized carbons (Fsp3) is 0.345. The molecule has 7 rings (SSSR count). The Labute approximate surface area is 218 Å². The predicted octanol–water partition coefficient (Wildman–Crippen LogP) is 4.69. The molecule has 1 saturated heterocycles. The van der Waals surface area contributed by atoms with Gasteiger partial charge < -0.3 is 9.84 Å². The first kappa shape index (κ1) is 23.4. The van der Waals surface area contributed by atoms with Gasteiger partial charge in [0.15, 0.2) is 5.60 Å². The highest BCUT2D eigenvalue weighted by molar-refractivity contribution is 5.64. The SMILES string of the molecule is CC1(C)C2CCC1(c1cccc(-c3ccc(C4(O)COC4)nn3)n1)c1nnc(-c3c(F)cccc3F)cc12. The van der Waals surface area contributed by atoms with Crippen molar-refractivity contribution >= 4 is 0 Å². The molecular weight excluding hydrogens is 488 g/mol. The Morgan fingerprint density at radius 3 is 2.26 bits per heavy atom. The normalized spacial score (nSPS) is 24.2. The number of aliphatic hydroxyl groups is 1. The number of ether oxygens (including phenoxy) is 1. The summed E-state index contributed by atoms with van der Waals surface area (Å²) < 4.78 is 34.2. The molecule has 7 nitrogen and oxygen atoms in total. The van der Waals surface area contributed by atoms with E-state index in [9.17, 15) is 13.9 Å². The van der Waals surface area contributed by atoms with Crippen LogP contribution in [-0.4, -0.2) is 43.7 Å². The van der Waals surface area contributed by atoms with Gasteiger partial charge >= 0.3 is 0 Å². The Morgan fingerprint density at radius 2 is 1.58 bits per heavy atom. The van der Waals surface area contributed by atoms with Crippen molar-refractivity contribution in [3.63, 3.8) is 0 Å². The third kappa shape index (κ3) is 3.03. The van der Waals surface area contributed by atoms with Gasteiger partial charge in [-0.2, -0.15) is 10.2 Å². The molecule has 2 atom stereocenters. The minimum Gasteiger partial charge on any atom is -0.379 e. The Balaban J connectivity index is 1.31. The number of rotatable bonds is 4. The molecule has 4 aromatic rings. The zero-order valence-corrected chi connectivity index (χ0v) is 20.9. The molecule has 3 aliphatic rings. The van der Waals surface area contributed by atoms with E-state index in [4.69, 9.17) is 9.72 Å². The predicted molar refractivity (Wildman–Crippen MR) is 134 cm³/mol. The second kappa shape index (κ2) is 7.91. The number of pyridine rings is 1. The van der Waals surface area contributed by atoms with E-state index in [1.807, 2.05) is 24.3 Å². The fourth-order valence-electron chi connectivity index (χ4n) is 6.73. The zero-order valence-electron chi connectivity index (χ0n) is 20.9. The molecule has 3 aromatic heterocycles. The van der Waals surface area contributed by atoms with Gasteiger partial charge in [-0.15, -0.1) is 10.2 Å². The number of hydrogen-bond acceptors (Lipinski definition) is 7. The van der Waals surface area contributed by atoms with Crippen molar-refractivity contribution in [2.45, 2.75) is 43.6 Å². The highest BCUT2D eigenvalue weighted by Crippen LogP contribution is 2.69. The second-order valence-corrected chi connectivity index (χ2v) is 11.1. The largest absolute Gasteiger partial charge is 0.379 e. The summed E-state index contributed by atoms with van der Waals surface area (Å²) in [6.45, 7) is 4.83. The summed E-state index contributed by atoms with van der Waals surface area (Å²) in [6, 6.07) is 15.0.